The molecule has 0 atom stereocenters. The summed E-state index contributed by atoms with van der Waals surface area (Å²) in [5, 5.41) is 11.9. The van der Waals surface area contributed by atoms with Gasteiger partial charge in [-0.05, 0) is 43.2 Å². The van der Waals surface area contributed by atoms with Gasteiger partial charge in [-0.2, -0.15) is 0 Å². The molecule has 3 nitrogen and oxygen atoms in total. The van der Waals surface area contributed by atoms with Crippen LogP contribution in [0.4, 0.5) is 0 Å². The summed E-state index contributed by atoms with van der Waals surface area (Å²) in [7, 11) is 0. The van der Waals surface area contributed by atoms with E-state index in [1.54, 1.807) is 0 Å². The molecule has 1 rings (SSSR count). The van der Waals surface area contributed by atoms with Gasteiger partial charge in [0, 0.05) is 0 Å². The minimum Gasteiger partial charge on any atom is -0.494 e. The summed E-state index contributed by atoms with van der Waals surface area (Å²) in [6.45, 7) is 4.56. The zero-order chi connectivity index (χ0) is 10.4. The Morgan fingerprint density at radius 1 is 1.29 bits per heavy atom. The highest BCUT2D eigenvalue weighted by Gasteiger charge is 2.01. The zero-order valence-electron chi connectivity index (χ0n) is 8.53. The average Bonchev–Trinajstić information content (AvgIpc) is 2.23. The fourth-order valence-corrected chi connectivity index (χ4v) is 1.24. The van der Waals surface area contributed by atoms with Gasteiger partial charge in [0.2, 0.25) is 0 Å². The summed E-state index contributed by atoms with van der Waals surface area (Å²) >= 11 is 0. The topological polar surface area (TPSA) is 41.8 Å². The number of oxime groups is 1. The van der Waals surface area contributed by atoms with E-state index >= 15 is 0 Å². The Morgan fingerprint density at radius 2 is 1.93 bits per heavy atom. The van der Waals surface area contributed by atoms with Crippen molar-refractivity contribution in [3.8, 4) is 5.75 Å². The van der Waals surface area contributed by atoms with Crippen LogP contribution in [0.3, 0.4) is 0 Å². The molecule has 3 heteroatoms. The fraction of sp³-hybridized carbons (Fsp3) is 0.364. The molecule has 0 heterocycles. The molecule has 1 aromatic carbocycles. The van der Waals surface area contributed by atoms with Crippen molar-refractivity contribution in [1.29, 1.82) is 0 Å². The van der Waals surface area contributed by atoms with Crippen molar-refractivity contribution in [3.63, 3.8) is 0 Å². The van der Waals surface area contributed by atoms with E-state index in [1.807, 2.05) is 38.1 Å². The number of hydrogen-bond acceptors (Lipinski definition) is 3. The summed E-state index contributed by atoms with van der Waals surface area (Å²) in [6.07, 6.45) is 0.713. The van der Waals surface area contributed by atoms with E-state index in [0.29, 0.717) is 18.7 Å². The molecule has 0 bridgehead atoms. The second kappa shape index (κ2) is 5.27. The minimum absolute atomic E-state index is 0.661. The van der Waals surface area contributed by atoms with Crippen molar-refractivity contribution in [2.45, 2.75) is 20.3 Å². The van der Waals surface area contributed by atoms with Gasteiger partial charge in [-0.15, -0.1) is 0 Å². The highest BCUT2D eigenvalue weighted by atomic mass is 16.5. The quantitative estimate of drug-likeness (QED) is 0.454. The SMILES string of the molecule is CCOc1ccc(C(CC)=NO)cc1. The third-order valence-corrected chi connectivity index (χ3v) is 1.95. The molecule has 0 amide bonds. The Kier molecular flexibility index (Phi) is 3.98. The Balaban J connectivity index is 2.82. The Bertz CT molecular complexity index is 304. The van der Waals surface area contributed by atoms with E-state index in [0.717, 1.165) is 11.3 Å². The van der Waals surface area contributed by atoms with E-state index in [4.69, 9.17) is 9.94 Å². The summed E-state index contributed by atoms with van der Waals surface area (Å²) in [6, 6.07) is 7.53. The highest BCUT2D eigenvalue weighted by molar-refractivity contribution is 6.00. The van der Waals surface area contributed by atoms with Gasteiger partial charge in [-0.1, -0.05) is 12.1 Å². The first-order chi connectivity index (χ1) is 6.81. The Hall–Kier alpha value is -1.51. The molecule has 0 aliphatic carbocycles. The van der Waals surface area contributed by atoms with E-state index in [9.17, 15) is 0 Å². The van der Waals surface area contributed by atoms with Gasteiger partial charge in [0.25, 0.3) is 0 Å². The van der Waals surface area contributed by atoms with Crippen molar-refractivity contribution < 1.29 is 9.94 Å². The van der Waals surface area contributed by atoms with Crippen molar-refractivity contribution in [3.05, 3.63) is 29.8 Å². The Morgan fingerprint density at radius 3 is 2.36 bits per heavy atom. The molecule has 1 N–H and O–H groups in total. The second-order valence-corrected chi connectivity index (χ2v) is 2.86. The summed E-state index contributed by atoms with van der Waals surface area (Å²) in [4.78, 5) is 0. The zero-order valence-corrected chi connectivity index (χ0v) is 8.53. The third-order valence-electron chi connectivity index (χ3n) is 1.95. The van der Waals surface area contributed by atoms with Gasteiger partial charge >= 0.3 is 0 Å². The summed E-state index contributed by atoms with van der Waals surface area (Å²) in [5.41, 5.74) is 1.62. The van der Waals surface area contributed by atoms with E-state index in [1.165, 1.54) is 0 Å². The molecule has 0 aromatic heterocycles. The lowest BCUT2D eigenvalue weighted by molar-refractivity contribution is 0.318. The summed E-state index contributed by atoms with van der Waals surface area (Å²) in [5.74, 6) is 0.838. The van der Waals surface area contributed by atoms with Crippen molar-refractivity contribution in [1.82, 2.24) is 0 Å². The first kappa shape index (κ1) is 10.6. The predicted molar refractivity (Wildman–Crippen MR) is 56.2 cm³/mol. The van der Waals surface area contributed by atoms with Gasteiger partial charge < -0.3 is 9.94 Å². The maximum absolute atomic E-state index is 8.71. The van der Waals surface area contributed by atoms with E-state index in [-0.39, 0.29) is 0 Å². The molecule has 14 heavy (non-hydrogen) atoms. The van der Waals surface area contributed by atoms with Gasteiger partial charge in [0.1, 0.15) is 5.75 Å². The third kappa shape index (κ3) is 2.49. The largest absolute Gasteiger partial charge is 0.494 e. The highest BCUT2D eigenvalue weighted by Crippen LogP contribution is 2.13. The molecule has 0 spiro atoms. The maximum Gasteiger partial charge on any atom is 0.119 e. The van der Waals surface area contributed by atoms with Crippen LogP contribution in [0.5, 0.6) is 5.75 Å². The first-order valence-corrected chi connectivity index (χ1v) is 4.76. The standard InChI is InChI=1S/C11H15NO2/c1-3-11(12-13)9-5-7-10(8-6-9)14-4-2/h5-8,13H,3-4H2,1-2H3. The molecular weight excluding hydrogens is 178 g/mol. The molecule has 0 aliphatic heterocycles. The molecule has 0 saturated carbocycles. The molecule has 76 valence electrons. The van der Waals surface area contributed by atoms with E-state index < -0.39 is 0 Å². The number of hydrogen-bond donors (Lipinski definition) is 1. The smallest absolute Gasteiger partial charge is 0.119 e. The fourth-order valence-electron chi connectivity index (χ4n) is 1.24. The number of rotatable bonds is 4. The van der Waals surface area contributed by atoms with Crippen LogP contribution < -0.4 is 4.74 Å². The lowest BCUT2D eigenvalue weighted by Crippen LogP contribution is -1.99. The number of ether oxygens (including phenoxy) is 1. The molecule has 0 unspecified atom stereocenters. The minimum atomic E-state index is 0.661. The van der Waals surface area contributed by atoms with Gasteiger partial charge in [0.15, 0.2) is 0 Å². The average molecular weight is 193 g/mol. The van der Waals surface area contributed by atoms with Crippen LogP contribution in [0.15, 0.2) is 29.4 Å². The molecular formula is C11H15NO2. The van der Waals surface area contributed by atoms with E-state index in [2.05, 4.69) is 5.16 Å². The lowest BCUT2D eigenvalue weighted by Gasteiger charge is -2.04. The first-order valence-electron chi connectivity index (χ1n) is 4.76. The van der Waals surface area contributed by atoms with Crippen LogP contribution >= 0.6 is 0 Å². The van der Waals surface area contributed by atoms with Crippen molar-refractivity contribution in [2.24, 2.45) is 5.16 Å². The van der Waals surface area contributed by atoms with Gasteiger partial charge in [0.05, 0.1) is 12.3 Å². The second-order valence-electron chi connectivity index (χ2n) is 2.86. The maximum atomic E-state index is 8.71. The van der Waals surface area contributed by atoms with Crippen molar-refractivity contribution in [2.75, 3.05) is 6.61 Å². The molecule has 0 radical (unpaired) electrons. The number of benzene rings is 1. The lowest BCUT2D eigenvalue weighted by atomic mass is 10.1. The van der Waals surface area contributed by atoms with Crippen LogP contribution in [0.1, 0.15) is 25.8 Å². The molecule has 0 fully saturated rings. The van der Waals surface area contributed by atoms with Gasteiger partial charge in [-0.3, -0.25) is 0 Å². The van der Waals surface area contributed by atoms with Crippen LogP contribution in [0.25, 0.3) is 0 Å². The van der Waals surface area contributed by atoms with Crippen LogP contribution in [-0.2, 0) is 0 Å². The predicted octanol–water partition coefficient (Wildman–Crippen LogP) is 2.67. The van der Waals surface area contributed by atoms with Crippen LogP contribution in [0, 0.1) is 0 Å². The molecule has 0 aliphatic rings. The van der Waals surface area contributed by atoms with Gasteiger partial charge in [-0.25, -0.2) is 0 Å². The van der Waals surface area contributed by atoms with Crippen LogP contribution in [-0.4, -0.2) is 17.5 Å². The normalized spacial score (nSPS) is 11.4. The number of nitrogens with zero attached hydrogens (tertiary/aromatic N) is 1. The summed E-state index contributed by atoms with van der Waals surface area (Å²) < 4.78 is 5.31. The monoisotopic (exact) mass is 193 g/mol. The van der Waals surface area contributed by atoms with Crippen LogP contribution in [0.2, 0.25) is 0 Å². The Labute approximate surface area is 84.0 Å². The molecule has 0 saturated heterocycles. The van der Waals surface area contributed by atoms with Crippen molar-refractivity contribution >= 4 is 5.71 Å². The molecule has 1 aromatic rings.